The van der Waals surface area contributed by atoms with Crippen LogP contribution in [0.2, 0.25) is 0 Å². The Morgan fingerprint density at radius 3 is 3.00 bits per heavy atom. The fourth-order valence-corrected chi connectivity index (χ4v) is 3.14. The summed E-state index contributed by atoms with van der Waals surface area (Å²) < 4.78 is 14.3. The van der Waals surface area contributed by atoms with Gasteiger partial charge in [0.1, 0.15) is 11.6 Å². The number of hydrogen-bond acceptors (Lipinski definition) is 4. The molecule has 2 heterocycles. The van der Waals surface area contributed by atoms with Crippen molar-refractivity contribution >= 4 is 39.0 Å². The number of thiophene rings is 1. The molecule has 1 amide bonds. The van der Waals surface area contributed by atoms with Crippen molar-refractivity contribution in [2.75, 3.05) is 11.9 Å². The van der Waals surface area contributed by atoms with E-state index in [-0.39, 0.29) is 11.5 Å². The molecule has 0 fully saturated rings. The molecule has 0 aliphatic heterocycles. The first-order chi connectivity index (χ1) is 10.1. The summed E-state index contributed by atoms with van der Waals surface area (Å²) in [5, 5.41) is 7.75. The summed E-state index contributed by atoms with van der Waals surface area (Å²) >= 11 is 4.95. The van der Waals surface area contributed by atoms with Crippen LogP contribution in [0, 0.1) is 5.82 Å². The van der Waals surface area contributed by atoms with E-state index >= 15 is 0 Å². The van der Waals surface area contributed by atoms with Crippen molar-refractivity contribution in [1.29, 1.82) is 0 Å². The lowest BCUT2D eigenvalue weighted by Gasteiger charge is -2.10. The Bertz CT molecular complexity index is 632. The molecule has 0 unspecified atom stereocenters. The van der Waals surface area contributed by atoms with Gasteiger partial charge in [0, 0.05) is 15.9 Å². The number of hydrogen-bond donors (Lipinski definition) is 2. The lowest BCUT2D eigenvalue weighted by atomic mass is 10.2. The van der Waals surface area contributed by atoms with E-state index in [9.17, 15) is 9.18 Å². The highest BCUT2D eigenvalue weighted by atomic mass is 79.9. The zero-order valence-electron chi connectivity index (χ0n) is 11.5. The first kappa shape index (κ1) is 15.9. The van der Waals surface area contributed by atoms with Crippen molar-refractivity contribution in [2.45, 2.75) is 19.9 Å². The van der Waals surface area contributed by atoms with Crippen LogP contribution in [0.15, 0.2) is 28.2 Å². The molecule has 21 heavy (non-hydrogen) atoms. The summed E-state index contributed by atoms with van der Waals surface area (Å²) in [6.07, 6.45) is 1.99. The third-order valence-corrected chi connectivity index (χ3v) is 4.67. The van der Waals surface area contributed by atoms with E-state index in [0.29, 0.717) is 18.9 Å². The Morgan fingerprint density at radius 1 is 1.52 bits per heavy atom. The van der Waals surface area contributed by atoms with Crippen LogP contribution in [-0.4, -0.2) is 17.4 Å². The predicted octanol–water partition coefficient (Wildman–Crippen LogP) is 3.80. The summed E-state index contributed by atoms with van der Waals surface area (Å²) in [6.45, 7) is 3.07. The molecule has 2 aromatic heterocycles. The van der Waals surface area contributed by atoms with Crippen molar-refractivity contribution in [3.8, 4) is 0 Å². The topological polar surface area (TPSA) is 54.0 Å². The first-order valence-electron chi connectivity index (χ1n) is 6.51. The van der Waals surface area contributed by atoms with Crippen LogP contribution in [0.5, 0.6) is 0 Å². The molecule has 4 nitrogen and oxygen atoms in total. The van der Waals surface area contributed by atoms with Crippen LogP contribution < -0.4 is 10.6 Å². The fraction of sp³-hybridized carbons (Fsp3) is 0.286. The standard InChI is InChI=1S/C14H15BrFN3OS/c1-2-4-17-13-10(6-9(16)7-18-13)14(20)19-8-12-11(15)3-5-21-12/h3,5-7H,2,4,8H2,1H3,(H,17,18)(H,19,20). The maximum Gasteiger partial charge on any atom is 0.255 e. The molecule has 0 bridgehead atoms. The quantitative estimate of drug-likeness (QED) is 0.811. The SMILES string of the molecule is CCCNc1ncc(F)cc1C(=O)NCc1sccc1Br. The van der Waals surface area contributed by atoms with Gasteiger partial charge in [-0.25, -0.2) is 9.37 Å². The Kier molecular flexibility index (Phi) is 5.69. The van der Waals surface area contributed by atoms with Crippen molar-refractivity contribution in [3.05, 3.63) is 44.4 Å². The van der Waals surface area contributed by atoms with E-state index in [1.165, 1.54) is 6.07 Å². The van der Waals surface area contributed by atoms with Crippen LogP contribution in [0.25, 0.3) is 0 Å². The molecular formula is C14H15BrFN3OS. The molecule has 2 rings (SSSR count). The van der Waals surface area contributed by atoms with Crippen molar-refractivity contribution < 1.29 is 9.18 Å². The molecule has 112 valence electrons. The third-order valence-electron chi connectivity index (χ3n) is 2.74. The number of anilines is 1. The molecule has 0 saturated carbocycles. The van der Waals surface area contributed by atoms with Crippen LogP contribution in [0.4, 0.5) is 10.2 Å². The van der Waals surface area contributed by atoms with Crippen LogP contribution in [0.1, 0.15) is 28.6 Å². The van der Waals surface area contributed by atoms with Crippen LogP contribution in [-0.2, 0) is 6.54 Å². The van der Waals surface area contributed by atoms with Gasteiger partial charge in [-0.2, -0.15) is 0 Å². The lowest BCUT2D eigenvalue weighted by molar-refractivity contribution is 0.0951. The lowest BCUT2D eigenvalue weighted by Crippen LogP contribution is -2.24. The molecule has 0 spiro atoms. The molecule has 7 heteroatoms. The number of pyridine rings is 1. The second-order valence-corrected chi connectivity index (χ2v) is 6.21. The van der Waals surface area contributed by atoms with Gasteiger partial charge in [-0.15, -0.1) is 11.3 Å². The van der Waals surface area contributed by atoms with Gasteiger partial charge < -0.3 is 10.6 Å². The number of aromatic nitrogens is 1. The van der Waals surface area contributed by atoms with Gasteiger partial charge in [0.2, 0.25) is 0 Å². The number of rotatable bonds is 6. The number of amides is 1. The second-order valence-electron chi connectivity index (χ2n) is 4.35. The Labute approximate surface area is 134 Å². The minimum atomic E-state index is -0.528. The number of nitrogens with zero attached hydrogens (tertiary/aromatic N) is 1. The highest BCUT2D eigenvalue weighted by molar-refractivity contribution is 9.10. The molecule has 0 aromatic carbocycles. The molecule has 0 saturated heterocycles. The minimum Gasteiger partial charge on any atom is -0.369 e. The normalized spacial score (nSPS) is 10.4. The number of carbonyl (C=O) groups is 1. The number of halogens is 2. The van der Waals surface area contributed by atoms with Crippen molar-refractivity contribution in [1.82, 2.24) is 10.3 Å². The van der Waals surface area contributed by atoms with Gasteiger partial charge in [0.05, 0.1) is 18.3 Å². The predicted molar refractivity (Wildman–Crippen MR) is 86.2 cm³/mol. The molecule has 0 aliphatic rings. The molecule has 0 atom stereocenters. The van der Waals surface area contributed by atoms with E-state index in [2.05, 4.69) is 31.5 Å². The Balaban J connectivity index is 2.10. The van der Waals surface area contributed by atoms with E-state index in [1.807, 2.05) is 18.4 Å². The molecular weight excluding hydrogens is 357 g/mol. The molecule has 0 aliphatic carbocycles. The van der Waals surface area contributed by atoms with Crippen LogP contribution >= 0.6 is 27.3 Å². The first-order valence-corrected chi connectivity index (χ1v) is 8.18. The largest absolute Gasteiger partial charge is 0.369 e. The zero-order chi connectivity index (χ0) is 15.2. The summed E-state index contributed by atoms with van der Waals surface area (Å²) in [6, 6.07) is 3.12. The smallest absolute Gasteiger partial charge is 0.255 e. The summed E-state index contributed by atoms with van der Waals surface area (Å²) in [5.74, 6) is -0.471. The van der Waals surface area contributed by atoms with Crippen molar-refractivity contribution in [2.24, 2.45) is 0 Å². The van der Waals surface area contributed by atoms with Gasteiger partial charge >= 0.3 is 0 Å². The maximum atomic E-state index is 13.3. The fourth-order valence-electron chi connectivity index (χ4n) is 1.70. The summed E-state index contributed by atoms with van der Waals surface area (Å²) in [5.41, 5.74) is 0.219. The van der Waals surface area contributed by atoms with Crippen molar-refractivity contribution in [3.63, 3.8) is 0 Å². The number of carbonyl (C=O) groups excluding carboxylic acids is 1. The molecule has 0 radical (unpaired) electrons. The summed E-state index contributed by atoms with van der Waals surface area (Å²) in [4.78, 5) is 17.2. The van der Waals surface area contributed by atoms with Gasteiger partial charge in [-0.1, -0.05) is 6.92 Å². The molecule has 2 N–H and O–H groups in total. The maximum absolute atomic E-state index is 13.3. The minimum absolute atomic E-state index is 0.219. The summed E-state index contributed by atoms with van der Waals surface area (Å²) in [7, 11) is 0. The molecule has 2 aromatic rings. The highest BCUT2D eigenvalue weighted by Gasteiger charge is 2.14. The van der Waals surface area contributed by atoms with E-state index < -0.39 is 5.82 Å². The van der Waals surface area contributed by atoms with E-state index in [1.54, 1.807) is 11.3 Å². The van der Waals surface area contributed by atoms with Gasteiger partial charge in [-0.3, -0.25) is 4.79 Å². The van der Waals surface area contributed by atoms with E-state index in [4.69, 9.17) is 0 Å². The van der Waals surface area contributed by atoms with Gasteiger partial charge in [0.15, 0.2) is 0 Å². The monoisotopic (exact) mass is 371 g/mol. The average molecular weight is 372 g/mol. The van der Waals surface area contributed by atoms with Crippen LogP contribution in [0.3, 0.4) is 0 Å². The van der Waals surface area contributed by atoms with Gasteiger partial charge in [-0.05, 0) is 39.9 Å². The third kappa shape index (κ3) is 4.25. The van der Waals surface area contributed by atoms with E-state index in [0.717, 1.165) is 22.0 Å². The zero-order valence-corrected chi connectivity index (χ0v) is 13.9. The Hall–Kier alpha value is -1.47. The second kappa shape index (κ2) is 7.51. The highest BCUT2D eigenvalue weighted by Crippen LogP contribution is 2.22. The average Bonchev–Trinajstić information content (AvgIpc) is 2.88. The Morgan fingerprint density at radius 2 is 2.33 bits per heavy atom. The van der Waals surface area contributed by atoms with Gasteiger partial charge in [0.25, 0.3) is 5.91 Å². The number of nitrogens with one attached hydrogen (secondary N) is 2.